The van der Waals surface area contributed by atoms with Gasteiger partial charge in [-0.25, -0.2) is 22.9 Å². The Hall–Kier alpha value is -3.31. The normalized spacial score (nSPS) is 14.1. The largest absolute Gasteiger partial charge is 0.477 e. The number of hydrogen-bond acceptors (Lipinski definition) is 6. The first-order valence-electron chi connectivity index (χ1n) is 8.99. The second-order valence-corrected chi connectivity index (χ2v) is 7.38. The highest BCUT2D eigenvalue weighted by molar-refractivity contribution is 6.38. The van der Waals surface area contributed by atoms with Gasteiger partial charge in [-0.3, -0.25) is 9.36 Å². The van der Waals surface area contributed by atoms with Crippen LogP contribution in [0, 0.1) is 17.5 Å². The molecule has 4 N–H and O–H groups in total. The van der Waals surface area contributed by atoms with Crippen LogP contribution >= 0.6 is 11.6 Å². The van der Waals surface area contributed by atoms with Crippen molar-refractivity contribution in [2.45, 2.75) is 6.04 Å². The molecule has 3 aromatic rings. The summed E-state index contributed by atoms with van der Waals surface area (Å²) in [5.41, 5.74) is 3.74. The molecule has 0 spiro atoms. The van der Waals surface area contributed by atoms with Gasteiger partial charge in [-0.15, -0.1) is 0 Å². The molecule has 1 fully saturated rings. The number of nitrogens with one attached hydrogen (secondary N) is 1. The molecule has 1 saturated heterocycles. The third-order valence-corrected chi connectivity index (χ3v) is 5.35. The minimum Gasteiger partial charge on any atom is -0.477 e. The van der Waals surface area contributed by atoms with Crippen molar-refractivity contribution in [1.29, 1.82) is 0 Å². The third kappa shape index (κ3) is 3.26. The number of aromatic nitrogens is 2. The number of carboxylic acids is 1. The number of halogens is 4. The Bertz CT molecular complexity index is 1310. The lowest BCUT2D eigenvalue weighted by Crippen LogP contribution is -2.56. The van der Waals surface area contributed by atoms with E-state index in [1.807, 2.05) is 0 Å². The zero-order valence-corrected chi connectivity index (χ0v) is 16.7. The van der Waals surface area contributed by atoms with Gasteiger partial charge >= 0.3 is 5.97 Å². The fourth-order valence-corrected chi connectivity index (χ4v) is 3.91. The van der Waals surface area contributed by atoms with Crippen LogP contribution in [0.3, 0.4) is 0 Å². The summed E-state index contributed by atoms with van der Waals surface area (Å²) < 4.78 is 44.4. The first-order valence-corrected chi connectivity index (χ1v) is 9.37. The van der Waals surface area contributed by atoms with Gasteiger partial charge in [-0.05, 0) is 6.07 Å². The van der Waals surface area contributed by atoms with Crippen LogP contribution in [0.5, 0.6) is 0 Å². The number of carbonyl (C=O) groups is 1. The van der Waals surface area contributed by atoms with Crippen molar-refractivity contribution in [3.8, 4) is 5.82 Å². The van der Waals surface area contributed by atoms with Crippen LogP contribution in [0.4, 0.5) is 24.7 Å². The highest BCUT2D eigenvalue weighted by Crippen LogP contribution is 2.38. The van der Waals surface area contributed by atoms with Gasteiger partial charge in [0.05, 0.1) is 21.6 Å². The molecule has 0 radical (unpaired) electrons. The van der Waals surface area contributed by atoms with E-state index in [0.717, 1.165) is 16.8 Å². The van der Waals surface area contributed by atoms with E-state index in [-0.39, 0.29) is 28.1 Å². The molecule has 1 aliphatic rings. The number of rotatable bonds is 4. The van der Waals surface area contributed by atoms with E-state index in [0.29, 0.717) is 19.2 Å². The van der Waals surface area contributed by atoms with Crippen molar-refractivity contribution >= 4 is 40.0 Å². The van der Waals surface area contributed by atoms with Crippen LogP contribution in [0.2, 0.25) is 5.02 Å². The third-order valence-electron chi connectivity index (χ3n) is 4.99. The number of hydrogen-bond donors (Lipinski definition) is 3. The molecule has 31 heavy (non-hydrogen) atoms. The summed E-state index contributed by atoms with van der Waals surface area (Å²) in [4.78, 5) is 29.7. The summed E-state index contributed by atoms with van der Waals surface area (Å²) in [5.74, 6) is -5.47. The molecule has 1 aliphatic heterocycles. The highest BCUT2D eigenvalue weighted by Gasteiger charge is 2.31. The second kappa shape index (κ2) is 7.43. The summed E-state index contributed by atoms with van der Waals surface area (Å²) in [6.07, 6.45) is 0.825. The Morgan fingerprint density at radius 2 is 1.94 bits per heavy atom. The minimum absolute atomic E-state index is 0.0662. The molecule has 4 rings (SSSR count). The number of nitrogens with zero attached hydrogens (tertiary/aromatic N) is 3. The molecule has 0 bridgehead atoms. The fraction of sp³-hybridized carbons (Fsp3) is 0.211. The summed E-state index contributed by atoms with van der Waals surface area (Å²) in [5, 5.41) is 11.2. The molecule has 0 amide bonds. The minimum atomic E-state index is -1.62. The summed E-state index contributed by atoms with van der Waals surface area (Å²) in [7, 11) is 1.35. The predicted molar refractivity (Wildman–Crippen MR) is 109 cm³/mol. The first-order chi connectivity index (χ1) is 14.6. The molecule has 2 aromatic heterocycles. The molecule has 0 saturated carbocycles. The lowest BCUT2D eigenvalue weighted by atomic mass is 10.1. The van der Waals surface area contributed by atoms with Gasteiger partial charge in [0.25, 0.3) is 0 Å². The molecule has 12 heteroatoms. The lowest BCUT2D eigenvalue weighted by Gasteiger charge is -2.39. The van der Waals surface area contributed by atoms with Gasteiger partial charge in [0.15, 0.2) is 23.3 Å². The van der Waals surface area contributed by atoms with E-state index < -0.39 is 45.6 Å². The molecule has 0 unspecified atom stereocenters. The molecule has 8 nitrogen and oxygen atoms in total. The topological polar surface area (TPSA) is 113 Å². The van der Waals surface area contributed by atoms with Crippen LogP contribution in [0.25, 0.3) is 16.7 Å². The number of carboxylic acid groups (broad SMARTS) is 1. The number of aromatic carboxylic acids is 1. The molecular formula is C19H15ClF3N5O3. The van der Waals surface area contributed by atoms with Crippen molar-refractivity contribution in [1.82, 2.24) is 9.55 Å². The van der Waals surface area contributed by atoms with E-state index >= 15 is 0 Å². The van der Waals surface area contributed by atoms with E-state index in [9.17, 15) is 27.9 Å². The molecule has 0 atom stereocenters. The van der Waals surface area contributed by atoms with Gasteiger partial charge in [-0.1, -0.05) is 11.6 Å². The summed E-state index contributed by atoms with van der Waals surface area (Å²) in [6, 6.07) is 1.19. The second-order valence-electron chi connectivity index (χ2n) is 7.00. The lowest BCUT2D eigenvalue weighted by molar-refractivity contribution is 0.0695. The Kier molecular flexibility index (Phi) is 5.02. The van der Waals surface area contributed by atoms with Crippen molar-refractivity contribution in [2.75, 3.05) is 30.4 Å². The SMILES string of the molecule is CNc1nc(-n2cc(C(=O)O)c(=O)c3cc(F)c(N4CC(N)C4)c(Cl)c32)c(F)cc1F. The van der Waals surface area contributed by atoms with E-state index in [4.69, 9.17) is 17.3 Å². The molecule has 162 valence electrons. The van der Waals surface area contributed by atoms with Crippen LogP contribution in [-0.2, 0) is 0 Å². The standard InChI is InChI=1S/C19H15ClF3N5O3/c1-25-17-11(22)3-12(23)18(26-17)28-6-9(19(30)31)16(29)8-2-10(21)15(13(20)14(8)28)27-4-7(24)5-27/h2-3,6-7H,4-5,24H2,1H3,(H,25,26)(H,30,31). The van der Waals surface area contributed by atoms with Gasteiger partial charge in [0.1, 0.15) is 11.4 Å². The average Bonchev–Trinajstić information content (AvgIpc) is 2.67. The first kappa shape index (κ1) is 20.9. The van der Waals surface area contributed by atoms with Crippen molar-refractivity contribution in [2.24, 2.45) is 5.73 Å². The van der Waals surface area contributed by atoms with Gasteiger partial charge < -0.3 is 21.1 Å². The zero-order valence-electron chi connectivity index (χ0n) is 15.9. The fourth-order valence-electron chi connectivity index (χ4n) is 3.51. The van der Waals surface area contributed by atoms with Gasteiger partial charge in [0.2, 0.25) is 5.43 Å². The smallest absolute Gasteiger partial charge is 0.341 e. The van der Waals surface area contributed by atoms with Crippen LogP contribution in [0.15, 0.2) is 23.1 Å². The summed E-state index contributed by atoms with van der Waals surface area (Å²) in [6.45, 7) is 0.597. The number of benzene rings is 1. The van der Waals surface area contributed by atoms with Gasteiger partial charge in [-0.2, -0.15) is 0 Å². The Morgan fingerprint density at radius 1 is 1.26 bits per heavy atom. The Labute approximate surface area is 177 Å². The maximum atomic E-state index is 14.9. The van der Waals surface area contributed by atoms with Crippen molar-refractivity contribution in [3.63, 3.8) is 0 Å². The monoisotopic (exact) mass is 453 g/mol. The molecular weight excluding hydrogens is 439 g/mol. The van der Waals surface area contributed by atoms with E-state index in [2.05, 4.69) is 10.3 Å². The molecule has 0 aliphatic carbocycles. The van der Waals surface area contributed by atoms with E-state index in [1.165, 1.54) is 11.9 Å². The highest BCUT2D eigenvalue weighted by atomic mass is 35.5. The maximum Gasteiger partial charge on any atom is 0.341 e. The number of nitrogens with two attached hydrogens (primary N) is 1. The molecule has 1 aromatic carbocycles. The predicted octanol–water partition coefficient (Wildman–Crippen LogP) is 2.34. The van der Waals surface area contributed by atoms with Crippen LogP contribution < -0.4 is 21.4 Å². The van der Waals surface area contributed by atoms with Crippen molar-refractivity contribution < 1.29 is 23.1 Å². The number of anilines is 2. The molecule has 3 heterocycles. The van der Waals surface area contributed by atoms with Crippen molar-refractivity contribution in [3.05, 3.63) is 56.6 Å². The Morgan fingerprint density at radius 3 is 2.52 bits per heavy atom. The van der Waals surface area contributed by atoms with Gasteiger partial charge in [0, 0.05) is 38.4 Å². The van der Waals surface area contributed by atoms with Crippen LogP contribution in [0.1, 0.15) is 10.4 Å². The van der Waals surface area contributed by atoms with E-state index in [1.54, 1.807) is 0 Å². The number of fused-ring (bicyclic) bond motifs is 1. The average molecular weight is 454 g/mol. The Balaban J connectivity index is 2.13. The van der Waals surface area contributed by atoms with Crippen LogP contribution in [-0.4, -0.2) is 46.8 Å². The maximum absolute atomic E-state index is 14.9. The zero-order chi connectivity index (χ0) is 22.6. The quantitative estimate of drug-likeness (QED) is 0.555. The summed E-state index contributed by atoms with van der Waals surface area (Å²) >= 11 is 6.45. The number of pyridine rings is 2.